The Morgan fingerprint density at radius 3 is 3.00 bits per heavy atom. The smallest absolute Gasteiger partial charge is 0.341 e. The standard InChI is InChI=1S/C16H15N3O2/c1-2-21-16(20)14-7-4-8-18-15(14)19-11-13-6-3-5-12(9-13)10-17/h3-9H,2,11H2,1H3,(H,18,19). The molecule has 0 amide bonds. The summed E-state index contributed by atoms with van der Waals surface area (Å²) in [5.41, 5.74) is 1.94. The van der Waals surface area contributed by atoms with Crippen molar-refractivity contribution < 1.29 is 9.53 Å². The third-order valence-corrected chi connectivity index (χ3v) is 2.82. The summed E-state index contributed by atoms with van der Waals surface area (Å²) < 4.78 is 5.00. The van der Waals surface area contributed by atoms with Crippen molar-refractivity contribution >= 4 is 11.8 Å². The van der Waals surface area contributed by atoms with Crippen LogP contribution in [0, 0.1) is 11.3 Å². The molecule has 0 saturated heterocycles. The molecule has 106 valence electrons. The molecule has 0 radical (unpaired) electrons. The van der Waals surface area contributed by atoms with E-state index in [1.165, 1.54) is 0 Å². The molecule has 0 atom stereocenters. The van der Waals surface area contributed by atoms with Gasteiger partial charge in [0.05, 0.1) is 18.2 Å². The molecule has 2 rings (SSSR count). The van der Waals surface area contributed by atoms with Crippen molar-refractivity contribution in [3.05, 3.63) is 59.3 Å². The number of nitrogens with one attached hydrogen (secondary N) is 1. The summed E-state index contributed by atoms with van der Waals surface area (Å²) in [6.07, 6.45) is 1.61. The Morgan fingerprint density at radius 1 is 1.38 bits per heavy atom. The van der Waals surface area contributed by atoms with Gasteiger partial charge in [-0.2, -0.15) is 5.26 Å². The van der Waals surface area contributed by atoms with Gasteiger partial charge in [0.25, 0.3) is 0 Å². The van der Waals surface area contributed by atoms with E-state index in [4.69, 9.17) is 10.00 Å². The Kier molecular flexibility index (Phi) is 4.89. The van der Waals surface area contributed by atoms with Gasteiger partial charge in [-0.05, 0) is 36.8 Å². The zero-order valence-corrected chi connectivity index (χ0v) is 11.7. The van der Waals surface area contributed by atoms with E-state index < -0.39 is 5.97 Å². The summed E-state index contributed by atoms with van der Waals surface area (Å²) in [6.45, 7) is 2.55. The van der Waals surface area contributed by atoms with Crippen LogP contribution in [0.2, 0.25) is 0 Å². The van der Waals surface area contributed by atoms with Crippen LogP contribution in [0.4, 0.5) is 5.82 Å². The lowest BCUT2D eigenvalue weighted by Crippen LogP contribution is -2.11. The van der Waals surface area contributed by atoms with E-state index in [0.29, 0.717) is 30.1 Å². The number of aromatic nitrogens is 1. The average Bonchev–Trinajstić information content (AvgIpc) is 2.53. The molecule has 1 N–H and O–H groups in total. The minimum absolute atomic E-state index is 0.317. The molecule has 0 saturated carbocycles. The van der Waals surface area contributed by atoms with Gasteiger partial charge in [-0.1, -0.05) is 12.1 Å². The van der Waals surface area contributed by atoms with Crippen molar-refractivity contribution in [1.82, 2.24) is 4.98 Å². The van der Waals surface area contributed by atoms with Crippen molar-refractivity contribution in [3.63, 3.8) is 0 Å². The first kappa shape index (κ1) is 14.5. The zero-order chi connectivity index (χ0) is 15.1. The number of nitriles is 1. The van der Waals surface area contributed by atoms with Crippen LogP contribution in [-0.2, 0) is 11.3 Å². The van der Waals surface area contributed by atoms with Crippen molar-refractivity contribution in [2.24, 2.45) is 0 Å². The van der Waals surface area contributed by atoms with Crippen LogP contribution in [0.5, 0.6) is 0 Å². The number of pyridine rings is 1. The molecule has 5 heteroatoms. The summed E-state index contributed by atoms with van der Waals surface area (Å²) in [4.78, 5) is 16.0. The van der Waals surface area contributed by atoms with E-state index in [0.717, 1.165) is 5.56 Å². The molecule has 0 aliphatic rings. The van der Waals surface area contributed by atoms with Crippen LogP contribution >= 0.6 is 0 Å². The van der Waals surface area contributed by atoms with Gasteiger partial charge in [-0.25, -0.2) is 9.78 Å². The maximum Gasteiger partial charge on any atom is 0.341 e. The monoisotopic (exact) mass is 281 g/mol. The fraction of sp³-hybridized carbons (Fsp3) is 0.188. The summed E-state index contributed by atoms with van der Waals surface area (Å²) in [6, 6.07) is 12.7. The Labute approximate surface area is 123 Å². The second-order valence-corrected chi connectivity index (χ2v) is 4.29. The van der Waals surface area contributed by atoms with E-state index >= 15 is 0 Å². The first-order valence-corrected chi connectivity index (χ1v) is 6.59. The number of ether oxygens (including phenoxy) is 1. The zero-order valence-electron chi connectivity index (χ0n) is 11.7. The molecule has 0 spiro atoms. The molecule has 2 aromatic rings. The molecule has 1 aromatic carbocycles. The number of rotatable bonds is 5. The Balaban J connectivity index is 2.13. The van der Waals surface area contributed by atoms with Gasteiger partial charge in [0, 0.05) is 12.7 Å². The second kappa shape index (κ2) is 7.06. The predicted octanol–water partition coefficient (Wildman–Crippen LogP) is 2.74. The van der Waals surface area contributed by atoms with Crippen molar-refractivity contribution in [3.8, 4) is 6.07 Å². The van der Waals surface area contributed by atoms with E-state index in [1.807, 2.05) is 12.1 Å². The highest BCUT2D eigenvalue weighted by Gasteiger charge is 2.12. The highest BCUT2D eigenvalue weighted by Crippen LogP contribution is 2.14. The van der Waals surface area contributed by atoms with E-state index in [9.17, 15) is 4.79 Å². The SMILES string of the molecule is CCOC(=O)c1cccnc1NCc1cccc(C#N)c1. The molecule has 0 fully saturated rings. The van der Waals surface area contributed by atoms with Crippen LogP contribution in [0.3, 0.4) is 0 Å². The normalized spacial score (nSPS) is 9.71. The number of benzene rings is 1. The van der Waals surface area contributed by atoms with Gasteiger partial charge >= 0.3 is 5.97 Å². The van der Waals surface area contributed by atoms with Crippen LogP contribution in [0.1, 0.15) is 28.4 Å². The lowest BCUT2D eigenvalue weighted by molar-refractivity contribution is 0.0527. The summed E-state index contributed by atoms with van der Waals surface area (Å²) in [5.74, 6) is 0.0668. The highest BCUT2D eigenvalue weighted by molar-refractivity contribution is 5.94. The number of hydrogen-bond acceptors (Lipinski definition) is 5. The third-order valence-electron chi connectivity index (χ3n) is 2.82. The van der Waals surface area contributed by atoms with Gasteiger partial charge in [-0.15, -0.1) is 0 Å². The van der Waals surface area contributed by atoms with Crippen LogP contribution < -0.4 is 5.32 Å². The molecule has 0 unspecified atom stereocenters. The fourth-order valence-electron chi connectivity index (χ4n) is 1.86. The maximum atomic E-state index is 11.8. The van der Waals surface area contributed by atoms with Crippen molar-refractivity contribution in [2.75, 3.05) is 11.9 Å². The first-order chi connectivity index (χ1) is 10.2. The van der Waals surface area contributed by atoms with Crippen LogP contribution in [-0.4, -0.2) is 17.6 Å². The molecule has 0 bridgehead atoms. The minimum Gasteiger partial charge on any atom is -0.462 e. The summed E-state index contributed by atoms with van der Waals surface area (Å²) in [7, 11) is 0. The first-order valence-electron chi connectivity index (χ1n) is 6.59. The average molecular weight is 281 g/mol. The number of anilines is 1. The Hall–Kier alpha value is -2.87. The van der Waals surface area contributed by atoms with Crippen LogP contribution in [0.25, 0.3) is 0 Å². The molecule has 1 heterocycles. The molecule has 5 nitrogen and oxygen atoms in total. The molecular weight excluding hydrogens is 266 g/mol. The quantitative estimate of drug-likeness (QED) is 0.853. The minimum atomic E-state index is -0.404. The number of hydrogen-bond donors (Lipinski definition) is 1. The summed E-state index contributed by atoms with van der Waals surface area (Å²) >= 11 is 0. The lowest BCUT2D eigenvalue weighted by Gasteiger charge is -2.10. The van der Waals surface area contributed by atoms with E-state index in [2.05, 4.69) is 16.4 Å². The van der Waals surface area contributed by atoms with Gasteiger partial charge in [0.15, 0.2) is 0 Å². The lowest BCUT2D eigenvalue weighted by atomic mass is 10.1. The second-order valence-electron chi connectivity index (χ2n) is 4.29. The number of carbonyl (C=O) groups is 1. The Bertz CT molecular complexity index is 677. The third kappa shape index (κ3) is 3.80. The van der Waals surface area contributed by atoms with E-state index in [1.54, 1.807) is 37.4 Å². The molecule has 0 aliphatic heterocycles. The predicted molar refractivity (Wildman–Crippen MR) is 78.7 cm³/mol. The number of carbonyl (C=O) groups excluding carboxylic acids is 1. The number of esters is 1. The molecule has 1 aromatic heterocycles. The van der Waals surface area contributed by atoms with Crippen LogP contribution in [0.15, 0.2) is 42.6 Å². The molecule has 21 heavy (non-hydrogen) atoms. The fourth-order valence-corrected chi connectivity index (χ4v) is 1.86. The highest BCUT2D eigenvalue weighted by atomic mass is 16.5. The topological polar surface area (TPSA) is 75.0 Å². The molecular formula is C16H15N3O2. The van der Waals surface area contributed by atoms with Gasteiger partial charge < -0.3 is 10.1 Å². The van der Waals surface area contributed by atoms with Gasteiger partial charge in [0.2, 0.25) is 0 Å². The molecule has 0 aliphatic carbocycles. The van der Waals surface area contributed by atoms with Gasteiger partial charge in [0.1, 0.15) is 11.4 Å². The largest absolute Gasteiger partial charge is 0.462 e. The van der Waals surface area contributed by atoms with Crippen molar-refractivity contribution in [1.29, 1.82) is 5.26 Å². The number of nitrogens with zero attached hydrogens (tertiary/aromatic N) is 2. The van der Waals surface area contributed by atoms with Crippen molar-refractivity contribution in [2.45, 2.75) is 13.5 Å². The Morgan fingerprint density at radius 2 is 2.24 bits per heavy atom. The summed E-state index contributed by atoms with van der Waals surface area (Å²) in [5, 5.41) is 12.0. The maximum absolute atomic E-state index is 11.8. The van der Waals surface area contributed by atoms with E-state index in [-0.39, 0.29) is 0 Å². The van der Waals surface area contributed by atoms with Gasteiger partial charge in [-0.3, -0.25) is 0 Å².